The lowest BCUT2D eigenvalue weighted by atomic mass is 10.0. The molecule has 7 heteroatoms. The number of rotatable bonds is 9. The first kappa shape index (κ1) is 23.9. The number of carbonyl (C=O) groups excluding carboxylic acids is 1. The predicted octanol–water partition coefficient (Wildman–Crippen LogP) is 5.13. The molecule has 0 spiro atoms. The van der Waals surface area contributed by atoms with Crippen LogP contribution in [0.1, 0.15) is 46.0 Å². The van der Waals surface area contributed by atoms with Crippen LogP contribution in [0, 0.1) is 6.92 Å². The van der Waals surface area contributed by atoms with Crippen molar-refractivity contribution in [3.05, 3.63) is 88.4 Å². The fourth-order valence-corrected chi connectivity index (χ4v) is 5.19. The van der Waals surface area contributed by atoms with E-state index in [4.69, 9.17) is 9.47 Å². The Hall–Kier alpha value is -3.84. The zero-order valence-electron chi connectivity index (χ0n) is 21.0. The summed E-state index contributed by atoms with van der Waals surface area (Å²) in [5.74, 6) is 0.516. The van der Waals surface area contributed by atoms with E-state index in [1.54, 1.807) is 7.11 Å². The van der Waals surface area contributed by atoms with E-state index >= 15 is 0 Å². The summed E-state index contributed by atoms with van der Waals surface area (Å²) in [6.45, 7) is 3.85. The monoisotopic (exact) mass is 484 g/mol. The summed E-state index contributed by atoms with van der Waals surface area (Å²) in [7, 11) is 3.09. The number of H-pyrrole nitrogens is 2. The Kier molecular flexibility index (Phi) is 6.91. The van der Waals surface area contributed by atoms with E-state index in [0.29, 0.717) is 6.04 Å². The second-order valence-electron chi connectivity index (χ2n) is 9.34. The molecule has 2 heterocycles. The van der Waals surface area contributed by atoms with Crippen molar-refractivity contribution in [1.82, 2.24) is 20.1 Å². The molecular weight excluding hydrogens is 452 g/mol. The van der Waals surface area contributed by atoms with Crippen molar-refractivity contribution in [2.75, 3.05) is 20.8 Å². The van der Waals surface area contributed by atoms with Crippen molar-refractivity contribution in [2.45, 2.75) is 38.8 Å². The number of benzene rings is 2. The molecule has 36 heavy (non-hydrogen) atoms. The van der Waals surface area contributed by atoms with Crippen LogP contribution in [0.2, 0.25) is 0 Å². The van der Waals surface area contributed by atoms with E-state index in [0.717, 1.165) is 54.9 Å². The highest BCUT2D eigenvalue weighted by Gasteiger charge is 2.28. The maximum Gasteiger partial charge on any atom is 0.330 e. The molecule has 1 atom stereocenters. The average molecular weight is 485 g/mol. The molecule has 2 aromatic heterocycles. The highest BCUT2D eigenvalue weighted by molar-refractivity contribution is 5.87. The Morgan fingerprint density at radius 3 is 2.86 bits per heavy atom. The third-order valence-corrected chi connectivity index (χ3v) is 7.22. The van der Waals surface area contributed by atoms with Gasteiger partial charge in [0, 0.05) is 59.6 Å². The number of ether oxygens (including phenoxy) is 2. The highest BCUT2D eigenvalue weighted by atomic mass is 16.5. The number of esters is 1. The number of hydrogen-bond acceptors (Lipinski definition) is 5. The molecule has 7 nitrogen and oxygen atoms in total. The van der Waals surface area contributed by atoms with Crippen LogP contribution >= 0.6 is 0 Å². The molecular formula is C29H32N4O3. The fourth-order valence-electron chi connectivity index (χ4n) is 5.19. The number of aromatic nitrogens is 3. The Morgan fingerprint density at radius 2 is 2.08 bits per heavy atom. The van der Waals surface area contributed by atoms with Crippen LogP contribution in [0.25, 0.3) is 17.0 Å². The van der Waals surface area contributed by atoms with E-state index in [1.807, 2.05) is 24.4 Å². The molecule has 1 aliphatic rings. The molecule has 0 amide bonds. The third kappa shape index (κ3) is 4.93. The summed E-state index contributed by atoms with van der Waals surface area (Å²) < 4.78 is 10.1. The number of hydrogen-bond donors (Lipinski definition) is 2. The van der Waals surface area contributed by atoms with Crippen molar-refractivity contribution in [1.29, 1.82) is 0 Å². The van der Waals surface area contributed by atoms with Gasteiger partial charge in [0.15, 0.2) is 0 Å². The summed E-state index contributed by atoms with van der Waals surface area (Å²) in [4.78, 5) is 17.5. The predicted molar refractivity (Wildman–Crippen MR) is 141 cm³/mol. The highest BCUT2D eigenvalue weighted by Crippen LogP contribution is 2.38. The molecule has 186 valence electrons. The minimum atomic E-state index is -0.342. The second-order valence-corrected chi connectivity index (χ2v) is 9.34. The number of aryl methyl sites for hydroxylation is 2. The molecule has 1 aliphatic carbocycles. The van der Waals surface area contributed by atoms with E-state index in [9.17, 15) is 4.79 Å². The topological polar surface area (TPSA) is 83.2 Å². The van der Waals surface area contributed by atoms with E-state index in [2.05, 4.69) is 57.5 Å². The zero-order chi connectivity index (χ0) is 25.1. The summed E-state index contributed by atoms with van der Waals surface area (Å²) >= 11 is 0. The Balaban J connectivity index is 1.39. The Labute approximate surface area is 211 Å². The van der Waals surface area contributed by atoms with E-state index in [1.165, 1.54) is 40.8 Å². The third-order valence-electron chi connectivity index (χ3n) is 7.22. The van der Waals surface area contributed by atoms with Gasteiger partial charge in [0.25, 0.3) is 0 Å². The first-order valence-corrected chi connectivity index (χ1v) is 12.3. The van der Waals surface area contributed by atoms with Crippen molar-refractivity contribution in [3.63, 3.8) is 0 Å². The van der Waals surface area contributed by atoms with Crippen LogP contribution in [0.3, 0.4) is 0 Å². The average Bonchev–Trinajstić information content (AvgIpc) is 3.62. The van der Waals surface area contributed by atoms with Crippen molar-refractivity contribution >= 4 is 22.9 Å². The normalized spacial score (nSPS) is 15.2. The molecule has 4 aromatic rings. The quantitative estimate of drug-likeness (QED) is 0.254. The van der Waals surface area contributed by atoms with Crippen LogP contribution in [0.15, 0.2) is 54.9 Å². The summed E-state index contributed by atoms with van der Waals surface area (Å²) in [6.07, 6.45) is 10.4. The number of nitrogens with zero attached hydrogens (tertiary/aromatic N) is 2. The van der Waals surface area contributed by atoms with Gasteiger partial charge in [0.2, 0.25) is 0 Å². The lowest BCUT2D eigenvalue weighted by molar-refractivity contribution is -0.134. The summed E-state index contributed by atoms with van der Waals surface area (Å²) in [6, 6.07) is 13.0. The molecule has 0 saturated heterocycles. The summed E-state index contributed by atoms with van der Waals surface area (Å²) in [5.41, 5.74) is 8.48. The maximum atomic E-state index is 11.5. The molecule has 2 aromatic carbocycles. The number of carbonyl (C=O) groups is 1. The molecule has 1 unspecified atom stereocenters. The fraction of sp³-hybridized carbons (Fsp3) is 0.310. The van der Waals surface area contributed by atoms with Gasteiger partial charge >= 0.3 is 5.97 Å². The van der Waals surface area contributed by atoms with E-state index in [-0.39, 0.29) is 5.97 Å². The number of fused-ring (bicyclic) bond motifs is 2. The first-order valence-electron chi connectivity index (χ1n) is 12.3. The minimum Gasteiger partial charge on any atom is -0.497 e. The smallest absolute Gasteiger partial charge is 0.330 e. The largest absolute Gasteiger partial charge is 0.497 e. The van der Waals surface area contributed by atoms with Gasteiger partial charge in [-0.3, -0.25) is 10.00 Å². The van der Waals surface area contributed by atoms with Crippen LogP contribution in [-0.4, -0.2) is 46.8 Å². The van der Waals surface area contributed by atoms with Gasteiger partial charge < -0.3 is 14.5 Å². The van der Waals surface area contributed by atoms with Gasteiger partial charge in [0.05, 0.1) is 20.4 Å². The first-order chi connectivity index (χ1) is 17.6. The molecule has 0 saturated carbocycles. The van der Waals surface area contributed by atoms with Crippen LogP contribution in [0.5, 0.6) is 5.75 Å². The Bertz CT molecular complexity index is 1400. The lowest BCUT2D eigenvalue weighted by Crippen LogP contribution is -2.29. The molecule has 0 aliphatic heterocycles. The maximum absolute atomic E-state index is 11.5. The minimum absolute atomic E-state index is 0.332. The number of aromatic amines is 2. The number of methoxy groups -OCH3 is 2. The second kappa shape index (κ2) is 10.4. The molecule has 2 N–H and O–H groups in total. The van der Waals surface area contributed by atoms with E-state index < -0.39 is 0 Å². The van der Waals surface area contributed by atoms with Gasteiger partial charge in [-0.15, -0.1) is 0 Å². The van der Waals surface area contributed by atoms with Crippen molar-refractivity contribution < 1.29 is 14.3 Å². The zero-order valence-corrected chi connectivity index (χ0v) is 21.0. The molecule has 5 rings (SSSR count). The molecule has 0 fully saturated rings. The van der Waals surface area contributed by atoms with Gasteiger partial charge in [-0.25, -0.2) is 4.79 Å². The van der Waals surface area contributed by atoms with Gasteiger partial charge in [0.1, 0.15) is 5.75 Å². The standard InChI is InChI=1S/C29H32N4O3/c1-19-23(17-31-32-19)18-33(13-12-22-16-30-27-15-24(35-2)7-9-25(22)27)28-10-6-21-14-20(4-8-26(21)28)5-11-29(34)36-3/h4-5,7-9,11,14-17,28,30H,6,10,12-13,18H2,1-3H3,(H,31,32). The van der Waals surface area contributed by atoms with Crippen molar-refractivity contribution in [3.8, 4) is 5.75 Å². The van der Waals surface area contributed by atoms with Gasteiger partial charge in [-0.2, -0.15) is 5.10 Å². The van der Waals surface area contributed by atoms with Crippen LogP contribution in [0.4, 0.5) is 0 Å². The van der Waals surface area contributed by atoms with Crippen LogP contribution in [-0.2, 0) is 28.9 Å². The van der Waals surface area contributed by atoms with Crippen molar-refractivity contribution in [2.24, 2.45) is 0 Å². The number of nitrogens with one attached hydrogen (secondary N) is 2. The Morgan fingerprint density at radius 1 is 1.19 bits per heavy atom. The lowest BCUT2D eigenvalue weighted by Gasteiger charge is -2.29. The molecule has 0 radical (unpaired) electrons. The SMILES string of the molecule is COC(=O)C=Cc1ccc2c(c1)CCC2N(CCc1c[nH]c2cc(OC)ccc12)Cc1cn[nH]c1C. The molecule has 0 bridgehead atoms. The summed E-state index contributed by atoms with van der Waals surface area (Å²) in [5, 5.41) is 8.58. The van der Waals surface area contributed by atoms with Gasteiger partial charge in [-0.05, 0) is 66.6 Å². The van der Waals surface area contributed by atoms with Gasteiger partial charge in [-0.1, -0.05) is 18.2 Å². The van der Waals surface area contributed by atoms with Crippen LogP contribution < -0.4 is 4.74 Å².